The summed E-state index contributed by atoms with van der Waals surface area (Å²) in [6.45, 7) is 0. The molecule has 98 valence electrons. The predicted octanol–water partition coefficient (Wildman–Crippen LogP) is 5.66. The van der Waals surface area contributed by atoms with Gasteiger partial charge in [0.15, 0.2) is 0 Å². The van der Waals surface area contributed by atoms with Crippen LogP contribution in [0.4, 0.5) is 5.69 Å². The first-order chi connectivity index (χ1) is 8.99. The van der Waals surface area contributed by atoms with Gasteiger partial charge in [-0.2, -0.15) is 0 Å². The molecule has 0 spiro atoms. The summed E-state index contributed by atoms with van der Waals surface area (Å²) in [5.74, 6) is -0.284. The van der Waals surface area contributed by atoms with E-state index >= 15 is 0 Å². The third kappa shape index (κ3) is 3.42. The number of hydrogen-bond acceptors (Lipinski definition) is 1. The molecule has 0 aliphatic rings. The van der Waals surface area contributed by atoms with Crippen molar-refractivity contribution in [1.29, 1.82) is 0 Å². The summed E-state index contributed by atoms with van der Waals surface area (Å²) in [7, 11) is 0. The summed E-state index contributed by atoms with van der Waals surface area (Å²) in [5, 5.41) is 3.69. The molecule has 1 amide bonds. The molecule has 0 saturated carbocycles. The second-order valence-corrected chi connectivity index (χ2v) is 5.76. The highest BCUT2D eigenvalue weighted by atomic mass is 79.9. The molecule has 0 unspecified atom stereocenters. The summed E-state index contributed by atoms with van der Waals surface area (Å²) >= 11 is 21.0. The molecular weight excluding hydrogens is 372 g/mol. The first kappa shape index (κ1) is 14.7. The van der Waals surface area contributed by atoms with Crippen LogP contribution < -0.4 is 5.32 Å². The van der Waals surface area contributed by atoms with Crippen LogP contribution in [0.15, 0.2) is 40.9 Å². The molecule has 2 nitrogen and oxygen atoms in total. The highest BCUT2D eigenvalue weighted by molar-refractivity contribution is 9.10. The number of carbonyl (C=O) groups is 1. The fourth-order valence-corrected chi connectivity index (χ4v) is 2.51. The van der Waals surface area contributed by atoms with Crippen LogP contribution in [0.2, 0.25) is 15.1 Å². The van der Waals surface area contributed by atoms with Gasteiger partial charge < -0.3 is 5.32 Å². The standard InChI is InChI=1S/C13H7BrCl3NO/c14-8-4-2-1-3-7(8)13(19)18-12-6-10(16)9(15)5-11(12)17/h1-6H,(H,18,19). The molecule has 19 heavy (non-hydrogen) atoms. The van der Waals surface area contributed by atoms with E-state index in [0.717, 1.165) is 0 Å². The second kappa shape index (κ2) is 6.14. The fourth-order valence-electron chi connectivity index (χ4n) is 1.45. The van der Waals surface area contributed by atoms with Crippen LogP contribution in [-0.2, 0) is 0 Å². The molecule has 0 aliphatic heterocycles. The summed E-state index contributed by atoms with van der Waals surface area (Å²) in [5.41, 5.74) is 0.918. The molecular formula is C13H7BrCl3NO. The quantitative estimate of drug-likeness (QED) is 0.670. The Kier molecular flexibility index (Phi) is 4.74. The van der Waals surface area contributed by atoms with Crippen LogP contribution in [-0.4, -0.2) is 5.91 Å². The van der Waals surface area contributed by atoms with Crippen molar-refractivity contribution in [2.45, 2.75) is 0 Å². The van der Waals surface area contributed by atoms with Gasteiger partial charge in [-0.15, -0.1) is 0 Å². The van der Waals surface area contributed by atoms with E-state index in [0.29, 0.717) is 30.8 Å². The molecule has 0 aromatic heterocycles. The van der Waals surface area contributed by atoms with Crippen LogP contribution in [0.1, 0.15) is 10.4 Å². The van der Waals surface area contributed by atoms with Crippen molar-refractivity contribution in [1.82, 2.24) is 0 Å². The fraction of sp³-hybridized carbons (Fsp3) is 0. The third-order valence-corrected chi connectivity index (χ3v) is 4.10. The molecule has 0 aliphatic carbocycles. The highest BCUT2D eigenvalue weighted by Gasteiger charge is 2.12. The van der Waals surface area contributed by atoms with Gasteiger partial charge in [-0.1, -0.05) is 46.9 Å². The number of hydrogen-bond donors (Lipinski definition) is 1. The van der Waals surface area contributed by atoms with Crippen molar-refractivity contribution in [3.8, 4) is 0 Å². The van der Waals surface area contributed by atoms with Crippen molar-refractivity contribution in [3.05, 3.63) is 61.5 Å². The average Bonchev–Trinajstić information content (AvgIpc) is 2.36. The molecule has 0 fully saturated rings. The van der Waals surface area contributed by atoms with Gasteiger partial charge in [0.1, 0.15) is 0 Å². The second-order valence-electron chi connectivity index (χ2n) is 3.68. The maximum absolute atomic E-state index is 12.1. The molecule has 0 saturated heterocycles. The minimum atomic E-state index is -0.284. The number of amides is 1. The van der Waals surface area contributed by atoms with Gasteiger partial charge in [0, 0.05) is 4.47 Å². The van der Waals surface area contributed by atoms with Crippen molar-refractivity contribution in [2.24, 2.45) is 0 Å². The number of anilines is 1. The van der Waals surface area contributed by atoms with Crippen molar-refractivity contribution in [3.63, 3.8) is 0 Å². The zero-order valence-corrected chi connectivity index (χ0v) is 13.2. The van der Waals surface area contributed by atoms with Gasteiger partial charge in [-0.05, 0) is 40.2 Å². The molecule has 0 heterocycles. The van der Waals surface area contributed by atoms with Gasteiger partial charge in [-0.3, -0.25) is 4.79 Å². The van der Waals surface area contributed by atoms with Crippen LogP contribution in [0.3, 0.4) is 0 Å². The van der Waals surface area contributed by atoms with Gasteiger partial charge in [0.25, 0.3) is 5.91 Å². The van der Waals surface area contributed by atoms with Crippen molar-refractivity contribution < 1.29 is 4.79 Å². The Balaban J connectivity index is 2.30. The Hall–Kier alpha value is -0.740. The summed E-state index contributed by atoms with van der Waals surface area (Å²) < 4.78 is 0.698. The topological polar surface area (TPSA) is 29.1 Å². The summed E-state index contributed by atoms with van der Waals surface area (Å²) in [6.07, 6.45) is 0. The lowest BCUT2D eigenvalue weighted by Gasteiger charge is -2.09. The smallest absolute Gasteiger partial charge is 0.256 e. The predicted molar refractivity (Wildman–Crippen MR) is 83.6 cm³/mol. The zero-order chi connectivity index (χ0) is 14.0. The van der Waals surface area contributed by atoms with Crippen LogP contribution in [0.5, 0.6) is 0 Å². The lowest BCUT2D eigenvalue weighted by molar-refractivity contribution is 0.102. The van der Waals surface area contributed by atoms with E-state index in [-0.39, 0.29) is 5.91 Å². The average molecular weight is 379 g/mol. The Labute approximate surface area is 133 Å². The van der Waals surface area contributed by atoms with E-state index in [9.17, 15) is 4.79 Å². The van der Waals surface area contributed by atoms with Crippen LogP contribution in [0.25, 0.3) is 0 Å². The molecule has 2 rings (SSSR count). The first-order valence-electron chi connectivity index (χ1n) is 5.19. The van der Waals surface area contributed by atoms with E-state index in [1.165, 1.54) is 12.1 Å². The third-order valence-electron chi connectivity index (χ3n) is 2.38. The van der Waals surface area contributed by atoms with Gasteiger partial charge in [-0.25, -0.2) is 0 Å². The number of carbonyl (C=O) groups excluding carboxylic acids is 1. The first-order valence-corrected chi connectivity index (χ1v) is 7.12. The number of benzene rings is 2. The maximum atomic E-state index is 12.1. The monoisotopic (exact) mass is 377 g/mol. The minimum absolute atomic E-state index is 0.284. The van der Waals surface area contributed by atoms with E-state index in [4.69, 9.17) is 34.8 Å². The largest absolute Gasteiger partial charge is 0.321 e. The van der Waals surface area contributed by atoms with Gasteiger partial charge >= 0.3 is 0 Å². The number of halogens is 4. The lowest BCUT2D eigenvalue weighted by atomic mass is 10.2. The maximum Gasteiger partial charge on any atom is 0.256 e. The normalized spacial score (nSPS) is 10.3. The molecule has 2 aromatic rings. The number of rotatable bonds is 2. The van der Waals surface area contributed by atoms with Gasteiger partial charge in [0.2, 0.25) is 0 Å². The molecule has 0 atom stereocenters. The summed E-state index contributed by atoms with van der Waals surface area (Å²) in [6, 6.07) is 10.1. The molecule has 2 aromatic carbocycles. The molecule has 0 radical (unpaired) electrons. The molecule has 1 N–H and O–H groups in total. The van der Waals surface area contributed by atoms with E-state index in [1.807, 2.05) is 6.07 Å². The van der Waals surface area contributed by atoms with Crippen molar-refractivity contribution in [2.75, 3.05) is 5.32 Å². The Bertz CT molecular complexity index is 646. The van der Waals surface area contributed by atoms with Crippen LogP contribution in [0, 0.1) is 0 Å². The minimum Gasteiger partial charge on any atom is -0.321 e. The van der Waals surface area contributed by atoms with E-state index in [2.05, 4.69) is 21.2 Å². The van der Waals surface area contributed by atoms with E-state index in [1.54, 1.807) is 18.2 Å². The van der Waals surface area contributed by atoms with E-state index < -0.39 is 0 Å². The van der Waals surface area contributed by atoms with Crippen molar-refractivity contribution >= 4 is 62.3 Å². The number of nitrogens with one attached hydrogen (secondary N) is 1. The Morgan fingerprint density at radius 2 is 1.63 bits per heavy atom. The SMILES string of the molecule is O=C(Nc1cc(Cl)c(Cl)cc1Cl)c1ccccc1Br. The Morgan fingerprint density at radius 3 is 2.32 bits per heavy atom. The van der Waals surface area contributed by atoms with Crippen LogP contribution >= 0.6 is 50.7 Å². The molecule has 6 heteroatoms. The molecule has 0 bridgehead atoms. The lowest BCUT2D eigenvalue weighted by Crippen LogP contribution is -2.12. The zero-order valence-electron chi connectivity index (χ0n) is 9.38. The van der Waals surface area contributed by atoms with Gasteiger partial charge in [0.05, 0.1) is 26.3 Å². The Morgan fingerprint density at radius 1 is 1.00 bits per heavy atom. The summed E-state index contributed by atoms with van der Waals surface area (Å²) in [4.78, 5) is 12.1. The highest BCUT2D eigenvalue weighted by Crippen LogP contribution is 2.32.